The van der Waals surface area contributed by atoms with Crippen LogP contribution in [0.4, 0.5) is 11.4 Å². The fourth-order valence-electron chi connectivity index (χ4n) is 3.98. The van der Waals surface area contributed by atoms with Gasteiger partial charge in [0.15, 0.2) is 0 Å². The molecule has 0 spiro atoms. The van der Waals surface area contributed by atoms with E-state index in [1.807, 2.05) is 31.2 Å². The highest BCUT2D eigenvalue weighted by molar-refractivity contribution is 6.15. The zero-order chi connectivity index (χ0) is 23.5. The van der Waals surface area contributed by atoms with Crippen molar-refractivity contribution in [2.24, 2.45) is 0 Å². The number of piperazine rings is 1. The number of hydrogen-bond acceptors (Lipinski definition) is 5. The van der Waals surface area contributed by atoms with E-state index in [0.717, 1.165) is 11.1 Å². The first-order chi connectivity index (χ1) is 16.0. The maximum absolute atomic E-state index is 13.9. The molecule has 1 heterocycles. The van der Waals surface area contributed by atoms with E-state index in [1.165, 1.54) is 12.0 Å². The van der Waals surface area contributed by atoms with Crippen LogP contribution in [0.15, 0.2) is 66.7 Å². The standard InChI is InChI=1S/C26H26N2O5/c1-17-5-7-18(8-6-17)25-26(30)27(22-14-13-21(32-3)15-23(22)33-4)16-24(29)28(25)19-9-11-20(31-2)12-10-19/h5-15,25H,16H2,1-4H3/t25-/m1/s1. The number of carbonyl (C=O) groups is 2. The Morgan fingerprint density at radius 3 is 2.03 bits per heavy atom. The second-order valence-electron chi connectivity index (χ2n) is 7.74. The summed E-state index contributed by atoms with van der Waals surface area (Å²) in [5.74, 6) is 1.30. The fraction of sp³-hybridized carbons (Fsp3) is 0.231. The lowest BCUT2D eigenvalue weighted by Crippen LogP contribution is -2.56. The Kier molecular flexibility index (Phi) is 6.22. The van der Waals surface area contributed by atoms with Gasteiger partial charge >= 0.3 is 0 Å². The second kappa shape index (κ2) is 9.24. The van der Waals surface area contributed by atoms with E-state index < -0.39 is 6.04 Å². The molecule has 0 aliphatic carbocycles. The number of methoxy groups -OCH3 is 3. The van der Waals surface area contributed by atoms with Gasteiger partial charge in [-0.2, -0.15) is 0 Å². The molecule has 0 aromatic heterocycles. The minimum Gasteiger partial charge on any atom is -0.497 e. The first kappa shape index (κ1) is 22.2. The van der Waals surface area contributed by atoms with Gasteiger partial charge in [-0.25, -0.2) is 0 Å². The Morgan fingerprint density at radius 1 is 0.788 bits per heavy atom. The number of benzene rings is 3. The lowest BCUT2D eigenvalue weighted by atomic mass is 9.98. The summed E-state index contributed by atoms with van der Waals surface area (Å²) >= 11 is 0. The first-order valence-corrected chi connectivity index (χ1v) is 10.5. The van der Waals surface area contributed by atoms with Crippen molar-refractivity contribution in [2.75, 3.05) is 37.7 Å². The van der Waals surface area contributed by atoms with Crippen molar-refractivity contribution in [3.63, 3.8) is 0 Å². The van der Waals surface area contributed by atoms with E-state index in [2.05, 4.69) is 0 Å². The monoisotopic (exact) mass is 446 g/mol. The smallest absolute Gasteiger partial charge is 0.255 e. The van der Waals surface area contributed by atoms with E-state index in [9.17, 15) is 9.59 Å². The number of amides is 2. The summed E-state index contributed by atoms with van der Waals surface area (Å²) in [6.45, 7) is 1.86. The quantitative estimate of drug-likeness (QED) is 0.569. The lowest BCUT2D eigenvalue weighted by Gasteiger charge is -2.40. The summed E-state index contributed by atoms with van der Waals surface area (Å²) in [5, 5.41) is 0. The van der Waals surface area contributed by atoms with Gasteiger partial charge in [0.25, 0.3) is 5.91 Å². The molecule has 4 rings (SSSR count). The van der Waals surface area contributed by atoms with Crippen molar-refractivity contribution in [2.45, 2.75) is 13.0 Å². The summed E-state index contributed by atoms with van der Waals surface area (Å²) in [7, 11) is 4.67. The highest BCUT2D eigenvalue weighted by Crippen LogP contribution is 2.39. The van der Waals surface area contributed by atoms with Crippen molar-refractivity contribution in [3.8, 4) is 17.2 Å². The average molecular weight is 447 g/mol. The Balaban J connectivity index is 1.81. The van der Waals surface area contributed by atoms with Crippen LogP contribution in [0.25, 0.3) is 0 Å². The van der Waals surface area contributed by atoms with Crippen LogP contribution in [0.2, 0.25) is 0 Å². The van der Waals surface area contributed by atoms with Gasteiger partial charge < -0.3 is 14.2 Å². The molecule has 0 radical (unpaired) electrons. The summed E-state index contributed by atoms with van der Waals surface area (Å²) in [6, 6.07) is 19.1. The SMILES string of the molecule is COc1ccc(N2C(=O)CN(c3ccc(OC)cc3OC)C(=O)[C@H]2c2ccc(C)cc2)cc1. The van der Waals surface area contributed by atoms with E-state index in [1.54, 1.807) is 61.6 Å². The molecule has 1 aliphatic heterocycles. The zero-order valence-electron chi connectivity index (χ0n) is 19.1. The molecular weight excluding hydrogens is 420 g/mol. The Hall–Kier alpha value is -4.00. The van der Waals surface area contributed by atoms with Crippen molar-refractivity contribution >= 4 is 23.2 Å². The minimum absolute atomic E-state index is 0.115. The van der Waals surface area contributed by atoms with Crippen LogP contribution in [-0.4, -0.2) is 39.7 Å². The van der Waals surface area contributed by atoms with Crippen LogP contribution in [-0.2, 0) is 9.59 Å². The minimum atomic E-state index is -0.827. The fourth-order valence-corrected chi connectivity index (χ4v) is 3.98. The third-order valence-corrected chi connectivity index (χ3v) is 5.74. The van der Waals surface area contributed by atoms with Gasteiger partial charge in [0.05, 0.1) is 27.0 Å². The molecule has 0 unspecified atom stereocenters. The van der Waals surface area contributed by atoms with Crippen molar-refractivity contribution in [1.29, 1.82) is 0 Å². The second-order valence-corrected chi connectivity index (χ2v) is 7.74. The van der Waals surface area contributed by atoms with Gasteiger partial charge in [-0.15, -0.1) is 0 Å². The number of anilines is 2. The molecule has 3 aromatic rings. The lowest BCUT2D eigenvalue weighted by molar-refractivity contribution is -0.128. The van der Waals surface area contributed by atoms with Gasteiger partial charge in [0, 0.05) is 11.8 Å². The summed E-state index contributed by atoms with van der Waals surface area (Å²) in [4.78, 5) is 30.4. The predicted molar refractivity (Wildman–Crippen MR) is 126 cm³/mol. The maximum atomic E-state index is 13.9. The van der Waals surface area contributed by atoms with Crippen LogP contribution in [0.5, 0.6) is 17.2 Å². The number of carbonyl (C=O) groups excluding carboxylic acids is 2. The van der Waals surface area contributed by atoms with Crippen molar-refractivity contribution in [3.05, 3.63) is 77.9 Å². The predicted octanol–water partition coefficient (Wildman–Crippen LogP) is 4.14. The third kappa shape index (κ3) is 4.22. The Bertz CT molecular complexity index is 1160. The molecule has 1 atom stereocenters. The van der Waals surface area contributed by atoms with Gasteiger partial charge in [-0.05, 0) is 48.9 Å². The molecule has 170 valence electrons. The van der Waals surface area contributed by atoms with E-state index in [-0.39, 0.29) is 18.4 Å². The van der Waals surface area contributed by atoms with Crippen LogP contribution < -0.4 is 24.0 Å². The molecular formula is C26H26N2O5. The molecule has 1 saturated heterocycles. The summed E-state index contributed by atoms with van der Waals surface area (Å²) in [6.07, 6.45) is 0. The largest absolute Gasteiger partial charge is 0.497 e. The number of aryl methyl sites for hydroxylation is 1. The highest BCUT2D eigenvalue weighted by Gasteiger charge is 2.42. The van der Waals surface area contributed by atoms with Gasteiger partial charge in [-0.3, -0.25) is 19.4 Å². The molecule has 3 aromatic carbocycles. The molecule has 1 fully saturated rings. The maximum Gasteiger partial charge on any atom is 0.255 e. The van der Waals surface area contributed by atoms with Crippen LogP contribution >= 0.6 is 0 Å². The molecule has 33 heavy (non-hydrogen) atoms. The molecule has 1 aliphatic rings. The molecule has 2 amide bonds. The zero-order valence-corrected chi connectivity index (χ0v) is 19.1. The number of ether oxygens (including phenoxy) is 3. The first-order valence-electron chi connectivity index (χ1n) is 10.5. The molecule has 7 nitrogen and oxygen atoms in total. The van der Waals surface area contributed by atoms with E-state index in [4.69, 9.17) is 14.2 Å². The van der Waals surface area contributed by atoms with Gasteiger partial charge in [-0.1, -0.05) is 29.8 Å². The average Bonchev–Trinajstić information content (AvgIpc) is 2.85. The third-order valence-electron chi connectivity index (χ3n) is 5.74. The highest BCUT2D eigenvalue weighted by atomic mass is 16.5. The van der Waals surface area contributed by atoms with E-state index in [0.29, 0.717) is 28.6 Å². The van der Waals surface area contributed by atoms with E-state index >= 15 is 0 Å². The van der Waals surface area contributed by atoms with Crippen molar-refractivity contribution < 1.29 is 23.8 Å². The Morgan fingerprint density at radius 2 is 1.42 bits per heavy atom. The molecule has 0 N–H and O–H groups in total. The number of rotatable bonds is 6. The summed E-state index contributed by atoms with van der Waals surface area (Å²) in [5.41, 5.74) is 2.94. The summed E-state index contributed by atoms with van der Waals surface area (Å²) < 4.78 is 16.0. The molecule has 7 heteroatoms. The van der Waals surface area contributed by atoms with Crippen LogP contribution in [0.1, 0.15) is 17.2 Å². The normalized spacial score (nSPS) is 16.1. The van der Waals surface area contributed by atoms with Crippen molar-refractivity contribution in [1.82, 2.24) is 0 Å². The van der Waals surface area contributed by atoms with Gasteiger partial charge in [0.1, 0.15) is 29.8 Å². The number of nitrogens with zero attached hydrogens (tertiary/aromatic N) is 2. The molecule has 0 saturated carbocycles. The Labute approximate surface area is 193 Å². The number of hydrogen-bond donors (Lipinski definition) is 0. The topological polar surface area (TPSA) is 68.3 Å². The van der Waals surface area contributed by atoms with Crippen LogP contribution in [0, 0.1) is 6.92 Å². The van der Waals surface area contributed by atoms with Crippen LogP contribution in [0.3, 0.4) is 0 Å². The van der Waals surface area contributed by atoms with Gasteiger partial charge in [0.2, 0.25) is 5.91 Å². The molecule has 0 bridgehead atoms.